The first-order valence-electron chi connectivity index (χ1n) is 30.5. The molecule has 0 spiro atoms. The Kier molecular flexibility index (Phi) is 20.5. The minimum absolute atomic E-state index is 0.174. The number of ether oxygens (including phenoxy) is 8. The molecule has 10 nitrogen and oxygen atoms in total. The Hall–Kier alpha value is -7.01. The zero-order chi connectivity index (χ0) is 59.4. The fourth-order valence-corrected chi connectivity index (χ4v) is 11.7. The third-order valence-electron chi connectivity index (χ3n) is 16.8. The van der Waals surface area contributed by atoms with Crippen molar-refractivity contribution in [1.82, 2.24) is 0 Å². The zero-order valence-electron chi connectivity index (χ0n) is 48.2. The molecule has 3 saturated heterocycles. The number of aliphatic hydroxyl groups excluding tert-OH is 2. The second-order valence-electron chi connectivity index (χ2n) is 23.2. The van der Waals surface area contributed by atoms with Crippen LogP contribution >= 0.6 is 0 Å². The fraction of sp³-hybridized carbons (Fsp3) is 0.408. The Morgan fingerprint density at radius 3 is 0.884 bits per heavy atom. The van der Waals surface area contributed by atoms with Crippen LogP contribution in [0.2, 0.25) is 0 Å². The number of halogens is 5. The lowest BCUT2D eigenvalue weighted by molar-refractivity contribution is 0.0179. The molecule has 15 rings (SSSR count). The van der Waals surface area contributed by atoms with E-state index >= 15 is 0 Å². The lowest BCUT2D eigenvalue weighted by atomic mass is 9.96. The Bertz CT molecular complexity index is 3020. The molecule has 8 aliphatic rings. The third kappa shape index (κ3) is 17.4. The van der Waals surface area contributed by atoms with Gasteiger partial charge >= 0.3 is 0 Å². The maximum absolute atomic E-state index is 13.2. The maximum atomic E-state index is 13.2. The summed E-state index contributed by atoms with van der Waals surface area (Å²) in [5.41, 5.74) is 7.30. The van der Waals surface area contributed by atoms with E-state index < -0.39 is 12.2 Å². The molecular formula is C71H75F5O10. The monoisotopic (exact) mass is 1180 g/mol. The van der Waals surface area contributed by atoms with E-state index in [9.17, 15) is 32.2 Å². The molecule has 0 aliphatic carbocycles. The van der Waals surface area contributed by atoms with Gasteiger partial charge in [-0.2, -0.15) is 0 Å². The van der Waals surface area contributed by atoms with Crippen molar-refractivity contribution in [2.45, 2.75) is 164 Å². The van der Waals surface area contributed by atoms with Gasteiger partial charge in [0.25, 0.3) is 0 Å². The van der Waals surface area contributed by atoms with Gasteiger partial charge in [-0.3, -0.25) is 0 Å². The summed E-state index contributed by atoms with van der Waals surface area (Å²) in [6, 6.07) is 43.9. The summed E-state index contributed by atoms with van der Waals surface area (Å²) in [5, 5.41) is 20.7. The van der Waals surface area contributed by atoms with E-state index in [1.54, 1.807) is 48.5 Å². The van der Waals surface area contributed by atoms with Crippen molar-refractivity contribution in [3.63, 3.8) is 0 Å². The highest BCUT2D eigenvalue weighted by Crippen LogP contribution is 2.37. The highest BCUT2D eigenvalue weighted by Gasteiger charge is 2.39. The van der Waals surface area contributed by atoms with Crippen LogP contribution < -0.4 is 23.7 Å². The molecule has 0 bridgehead atoms. The van der Waals surface area contributed by atoms with Crippen molar-refractivity contribution in [1.29, 1.82) is 0 Å². The van der Waals surface area contributed by atoms with Crippen LogP contribution in [0.3, 0.4) is 0 Å². The molecule has 3 fully saturated rings. The fourth-order valence-electron chi connectivity index (χ4n) is 11.7. The summed E-state index contributed by atoms with van der Waals surface area (Å²) in [6.45, 7) is 2.42. The third-order valence-corrected chi connectivity index (χ3v) is 16.8. The van der Waals surface area contributed by atoms with Crippen molar-refractivity contribution in [2.24, 2.45) is 0 Å². The van der Waals surface area contributed by atoms with E-state index in [1.165, 1.54) is 53.6 Å². The number of fused-ring (bicyclic) bond motifs is 5. The molecule has 0 amide bonds. The molecule has 0 aromatic heterocycles. The number of aryl methyl sites for hydroxylation is 7. The van der Waals surface area contributed by atoms with Crippen LogP contribution in [0.25, 0.3) is 0 Å². The van der Waals surface area contributed by atoms with Gasteiger partial charge in [0.1, 0.15) is 107 Å². The second kappa shape index (κ2) is 29.1. The molecule has 454 valence electrons. The quantitative estimate of drug-likeness (QED) is 0.0852. The highest BCUT2D eigenvalue weighted by atomic mass is 19.1. The van der Waals surface area contributed by atoms with Gasteiger partial charge in [0.05, 0.1) is 32.0 Å². The van der Waals surface area contributed by atoms with E-state index in [0.717, 1.165) is 168 Å². The maximum Gasteiger partial charge on any atom is 0.127 e. The summed E-state index contributed by atoms with van der Waals surface area (Å²) >= 11 is 0. The van der Waals surface area contributed by atoms with Gasteiger partial charge in [-0.1, -0.05) is 60.7 Å². The molecule has 7 aromatic rings. The molecule has 8 aliphatic heterocycles. The van der Waals surface area contributed by atoms with E-state index in [0.29, 0.717) is 11.5 Å². The zero-order valence-corrected chi connectivity index (χ0v) is 48.2. The molecule has 7 aromatic carbocycles. The van der Waals surface area contributed by atoms with Crippen LogP contribution in [0.15, 0.2) is 152 Å². The Labute approximate surface area is 500 Å². The van der Waals surface area contributed by atoms with Gasteiger partial charge in [0.2, 0.25) is 0 Å². The predicted octanol–water partition coefficient (Wildman–Crippen LogP) is 13.6. The lowest BCUT2D eigenvalue weighted by Gasteiger charge is -2.29. The first-order valence-corrected chi connectivity index (χ1v) is 30.5. The van der Waals surface area contributed by atoms with Crippen LogP contribution in [0.4, 0.5) is 22.0 Å². The van der Waals surface area contributed by atoms with Gasteiger partial charge < -0.3 is 48.1 Å². The minimum Gasteiger partial charge on any atom is -0.487 e. The Morgan fingerprint density at radius 2 is 0.605 bits per heavy atom. The summed E-state index contributed by atoms with van der Waals surface area (Å²) in [7, 11) is 0. The number of hydrogen-bond acceptors (Lipinski definition) is 10. The predicted molar refractivity (Wildman–Crippen MR) is 316 cm³/mol. The van der Waals surface area contributed by atoms with E-state index in [4.69, 9.17) is 37.9 Å². The largest absolute Gasteiger partial charge is 0.487 e. The smallest absolute Gasteiger partial charge is 0.127 e. The molecule has 10 atom stereocenters. The molecule has 8 heterocycles. The average Bonchev–Trinajstić information content (AvgIpc) is 4.45. The van der Waals surface area contributed by atoms with Crippen LogP contribution in [0.5, 0.6) is 28.7 Å². The van der Waals surface area contributed by atoms with Gasteiger partial charge in [0.15, 0.2) is 0 Å². The topological polar surface area (TPSA) is 124 Å². The van der Waals surface area contributed by atoms with Crippen LogP contribution in [0, 0.1) is 29.1 Å². The molecule has 2 unspecified atom stereocenters. The van der Waals surface area contributed by atoms with E-state index in [-0.39, 0.29) is 77.9 Å². The van der Waals surface area contributed by atoms with Gasteiger partial charge in [0, 0.05) is 0 Å². The number of rotatable bonds is 13. The van der Waals surface area contributed by atoms with Crippen molar-refractivity contribution in [2.75, 3.05) is 19.8 Å². The first-order chi connectivity index (χ1) is 41.9. The molecule has 2 N–H and O–H groups in total. The van der Waals surface area contributed by atoms with Gasteiger partial charge in [-0.05, 0) is 233 Å². The summed E-state index contributed by atoms with van der Waals surface area (Å²) in [4.78, 5) is 0. The van der Waals surface area contributed by atoms with Crippen molar-refractivity contribution < 1.29 is 70.1 Å². The first kappa shape index (κ1) is 60.7. The lowest BCUT2D eigenvalue weighted by Crippen LogP contribution is -2.35. The van der Waals surface area contributed by atoms with Crippen LogP contribution in [0.1, 0.15) is 96.7 Å². The van der Waals surface area contributed by atoms with Crippen LogP contribution in [-0.4, -0.2) is 91.1 Å². The summed E-state index contributed by atoms with van der Waals surface area (Å²) in [6.07, 6.45) is 13.7. The summed E-state index contributed by atoms with van der Waals surface area (Å²) < 4.78 is 109. The molecule has 0 saturated carbocycles. The Morgan fingerprint density at radius 1 is 0.337 bits per heavy atom. The number of benzene rings is 7. The van der Waals surface area contributed by atoms with Crippen LogP contribution in [-0.2, 0) is 59.2 Å². The van der Waals surface area contributed by atoms with E-state index in [2.05, 4.69) is 24.3 Å². The molecule has 15 heteroatoms. The van der Waals surface area contributed by atoms with Gasteiger partial charge in [-0.15, -0.1) is 0 Å². The van der Waals surface area contributed by atoms with E-state index in [1.807, 2.05) is 36.4 Å². The number of epoxide rings is 3. The summed E-state index contributed by atoms with van der Waals surface area (Å²) in [5.74, 6) is 2.85. The highest BCUT2D eigenvalue weighted by molar-refractivity contribution is 5.40. The normalized spacial score (nSPS) is 23.7. The molecule has 86 heavy (non-hydrogen) atoms. The number of hydrogen-bond donors (Lipinski definition) is 2. The molecule has 0 radical (unpaired) electrons. The molecular weight excluding hydrogens is 1110 g/mol. The Balaban J connectivity index is 0.000000113. The number of aliphatic hydroxyl groups is 2. The van der Waals surface area contributed by atoms with Gasteiger partial charge in [-0.25, -0.2) is 22.0 Å². The van der Waals surface area contributed by atoms with Crippen molar-refractivity contribution in [3.8, 4) is 28.7 Å². The van der Waals surface area contributed by atoms with Crippen molar-refractivity contribution in [3.05, 3.63) is 220 Å². The standard InChI is InChI=1S/2C19H21FO2.3C11H11FO2/c2*20-16-10-12-18-15(13-16)9-11-19(22-18)17(21)8-4-7-14-5-2-1-3-6-14;3*12-8-2-4-9-7(5-8)1-3-10(14-9)11-6-13-11/h2*1-3,5-6,10,12-13,17,19,21H,4,7-9,11H2;3*2,4-5,10-11H,1,3,6H2/t2*17-,19+;2*10-,11-;/m1010./s1. The minimum atomic E-state index is -0.470. The average molecular weight is 1180 g/mol. The van der Waals surface area contributed by atoms with Crippen molar-refractivity contribution >= 4 is 0 Å². The second-order valence-corrected chi connectivity index (χ2v) is 23.2. The SMILES string of the molecule is Fc1ccc2c(c1)CCC(C1CO1)O2.Fc1ccc2c(c1)CC[C@@H]([C@@H]1CO1)O2.Fc1ccc2c(c1)CC[C@H]([C@H]1CO1)O2.O[C@@H](CCCc1ccccc1)[C@H]1CCc2cc(F)ccc2O1.O[C@H](CCCc1ccccc1)[C@@H]1CCc2cc(F)ccc2O1.